The lowest BCUT2D eigenvalue weighted by Crippen LogP contribution is -2.19. The van der Waals surface area contributed by atoms with Crippen molar-refractivity contribution < 1.29 is 4.79 Å². The molecular formula is C24H18Cl2N4OS3. The van der Waals surface area contributed by atoms with E-state index in [1.807, 2.05) is 66.0 Å². The molecule has 34 heavy (non-hydrogen) atoms. The van der Waals surface area contributed by atoms with E-state index in [0.29, 0.717) is 20.3 Å². The molecule has 0 saturated heterocycles. The van der Waals surface area contributed by atoms with Gasteiger partial charge in [-0.1, -0.05) is 53.5 Å². The Bertz CT molecular complexity index is 1310. The van der Waals surface area contributed by atoms with Crippen LogP contribution in [0.1, 0.15) is 0 Å². The predicted molar refractivity (Wildman–Crippen MR) is 150 cm³/mol. The van der Waals surface area contributed by atoms with E-state index in [4.69, 9.17) is 35.4 Å². The molecule has 0 aliphatic rings. The Morgan fingerprint density at radius 1 is 0.912 bits per heavy atom. The Hall–Kier alpha value is -2.62. The topological polar surface area (TPSA) is 66.1 Å². The number of thiazole rings is 1. The number of thioether (sulfide) groups is 1. The zero-order valence-electron chi connectivity index (χ0n) is 17.5. The van der Waals surface area contributed by atoms with Gasteiger partial charge in [0, 0.05) is 27.2 Å². The first-order valence-electron chi connectivity index (χ1n) is 10.0. The molecule has 1 aromatic heterocycles. The number of anilines is 3. The van der Waals surface area contributed by atoms with Crippen LogP contribution in [0.2, 0.25) is 10.0 Å². The van der Waals surface area contributed by atoms with Crippen LogP contribution in [0.4, 0.5) is 16.5 Å². The van der Waals surface area contributed by atoms with Gasteiger partial charge in [-0.05, 0) is 54.7 Å². The Balaban J connectivity index is 1.29. The van der Waals surface area contributed by atoms with Crippen molar-refractivity contribution in [3.63, 3.8) is 0 Å². The van der Waals surface area contributed by atoms with E-state index in [-0.39, 0.29) is 11.7 Å². The van der Waals surface area contributed by atoms with Crippen LogP contribution in [-0.2, 0) is 4.79 Å². The van der Waals surface area contributed by atoms with Crippen molar-refractivity contribution in [2.45, 2.75) is 4.90 Å². The molecule has 0 aliphatic carbocycles. The minimum absolute atomic E-state index is 0.139. The van der Waals surface area contributed by atoms with Crippen LogP contribution in [0.15, 0.2) is 83.1 Å². The molecule has 0 fully saturated rings. The third-order valence-electron chi connectivity index (χ3n) is 4.46. The van der Waals surface area contributed by atoms with Crippen molar-refractivity contribution in [1.29, 1.82) is 0 Å². The molecule has 10 heteroatoms. The van der Waals surface area contributed by atoms with E-state index in [1.165, 1.54) is 23.1 Å². The molecular weight excluding hydrogens is 527 g/mol. The minimum atomic E-state index is -0.139. The summed E-state index contributed by atoms with van der Waals surface area (Å²) >= 11 is 20.2. The number of thiocarbonyl (C=S) groups is 1. The standard InChI is InChI=1S/C24H18Cl2N4OS3/c25-19-10-9-15(11-20(19)26)21-13-34-24(29-21)30-22(31)14-33-18-8-4-7-17(12-18)28-23(32)27-16-5-2-1-3-6-16/h1-13H,14H2,(H2,27,28,32)(H,29,30,31). The van der Waals surface area contributed by atoms with Crippen molar-refractivity contribution >= 4 is 86.0 Å². The second kappa shape index (κ2) is 11.7. The SMILES string of the molecule is O=C(CSc1cccc(NC(=S)Nc2ccccc2)c1)Nc1nc(-c2ccc(Cl)c(Cl)c2)cs1. The van der Waals surface area contributed by atoms with Gasteiger partial charge in [0.1, 0.15) is 0 Å². The van der Waals surface area contributed by atoms with Gasteiger partial charge >= 0.3 is 0 Å². The van der Waals surface area contributed by atoms with Gasteiger partial charge < -0.3 is 16.0 Å². The molecule has 172 valence electrons. The lowest BCUT2D eigenvalue weighted by Gasteiger charge is -2.11. The summed E-state index contributed by atoms with van der Waals surface area (Å²) in [4.78, 5) is 17.9. The van der Waals surface area contributed by atoms with Gasteiger partial charge in [0.2, 0.25) is 5.91 Å². The Labute approximate surface area is 220 Å². The Morgan fingerprint density at radius 3 is 2.47 bits per heavy atom. The normalized spacial score (nSPS) is 10.5. The van der Waals surface area contributed by atoms with Gasteiger partial charge in [-0.15, -0.1) is 23.1 Å². The molecule has 0 bridgehead atoms. The zero-order valence-corrected chi connectivity index (χ0v) is 21.5. The number of carbonyl (C=O) groups excluding carboxylic acids is 1. The molecule has 5 nitrogen and oxygen atoms in total. The molecule has 4 rings (SSSR count). The molecule has 1 heterocycles. The van der Waals surface area contributed by atoms with Crippen LogP contribution >= 0.6 is 58.5 Å². The molecule has 3 N–H and O–H groups in total. The molecule has 0 aliphatic heterocycles. The van der Waals surface area contributed by atoms with E-state index in [1.54, 1.807) is 12.1 Å². The fourth-order valence-electron chi connectivity index (χ4n) is 2.90. The van der Waals surface area contributed by atoms with Crippen LogP contribution in [0.3, 0.4) is 0 Å². The maximum Gasteiger partial charge on any atom is 0.236 e. The van der Waals surface area contributed by atoms with Crippen molar-refractivity contribution in [2.24, 2.45) is 0 Å². The monoisotopic (exact) mass is 544 g/mol. The number of hydrogen-bond donors (Lipinski definition) is 3. The van der Waals surface area contributed by atoms with Crippen molar-refractivity contribution in [1.82, 2.24) is 4.98 Å². The summed E-state index contributed by atoms with van der Waals surface area (Å²) in [5.74, 6) is 0.109. The first kappa shape index (κ1) is 24.5. The minimum Gasteiger partial charge on any atom is -0.332 e. The quantitative estimate of drug-likeness (QED) is 0.164. The highest BCUT2D eigenvalue weighted by atomic mass is 35.5. The number of amides is 1. The first-order valence-corrected chi connectivity index (χ1v) is 13.1. The van der Waals surface area contributed by atoms with Gasteiger partial charge in [0.15, 0.2) is 10.2 Å². The summed E-state index contributed by atoms with van der Waals surface area (Å²) < 4.78 is 0. The van der Waals surface area contributed by atoms with Crippen molar-refractivity contribution in [3.05, 3.63) is 88.2 Å². The van der Waals surface area contributed by atoms with E-state index in [9.17, 15) is 4.79 Å². The maximum absolute atomic E-state index is 12.4. The summed E-state index contributed by atoms with van der Waals surface area (Å²) in [5.41, 5.74) is 3.31. The maximum atomic E-state index is 12.4. The van der Waals surface area contributed by atoms with Crippen molar-refractivity contribution in [2.75, 3.05) is 21.7 Å². The molecule has 0 spiro atoms. The summed E-state index contributed by atoms with van der Waals surface area (Å²) in [6, 6.07) is 22.7. The fraction of sp³-hybridized carbons (Fsp3) is 0.0417. The number of aromatic nitrogens is 1. The third kappa shape index (κ3) is 6.94. The Kier molecular flexibility index (Phi) is 8.42. The van der Waals surface area contributed by atoms with E-state index < -0.39 is 0 Å². The van der Waals surface area contributed by atoms with Gasteiger partial charge in [0.05, 0.1) is 21.5 Å². The summed E-state index contributed by atoms with van der Waals surface area (Å²) in [7, 11) is 0. The fourth-order valence-corrected chi connectivity index (χ4v) is 4.93. The number of benzene rings is 3. The van der Waals surface area contributed by atoms with Gasteiger partial charge in [-0.2, -0.15) is 0 Å². The summed E-state index contributed by atoms with van der Waals surface area (Å²) in [6.07, 6.45) is 0. The van der Waals surface area contributed by atoms with E-state index in [0.717, 1.165) is 27.5 Å². The molecule has 0 saturated carbocycles. The number of rotatable bonds is 7. The van der Waals surface area contributed by atoms with E-state index >= 15 is 0 Å². The number of nitrogens with zero attached hydrogens (tertiary/aromatic N) is 1. The second-order valence-electron chi connectivity index (χ2n) is 6.98. The van der Waals surface area contributed by atoms with Crippen LogP contribution in [0.5, 0.6) is 0 Å². The van der Waals surface area contributed by atoms with E-state index in [2.05, 4.69) is 20.9 Å². The van der Waals surface area contributed by atoms with Crippen LogP contribution in [0.25, 0.3) is 11.3 Å². The summed E-state index contributed by atoms with van der Waals surface area (Å²) in [6.45, 7) is 0. The molecule has 1 amide bonds. The smallest absolute Gasteiger partial charge is 0.236 e. The molecule has 0 atom stereocenters. The lowest BCUT2D eigenvalue weighted by molar-refractivity contribution is -0.113. The number of hydrogen-bond acceptors (Lipinski definition) is 5. The number of para-hydroxylation sites is 1. The third-order valence-corrected chi connectivity index (χ3v) is 7.15. The van der Waals surface area contributed by atoms with Crippen LogP contribution in [-0.4, -0.2) is 21.8 Å². The van der Waals surface area contributed by atoms with Gasteiger partial charge in [-0.3, -0.25) is 4.79 Å². The van der Waals surface area contributed by atoms with Crippen LogP contribution < -0.4 is 16.0 Å². The lowest BCUT2D eigenvalue weighted by atomic mass is 10.2. The largest absolute Gasteiger partial charge is 0.332 e. The average molecular weight is 546 g/mol. The number of carbonyl (C=O) groups is 1. The highest BCUT2D eigenvalue weighted by Gasteiger charge is 2.10. The molecule has 0 unspecified atom stereocenters. The predicted octanol–water partition coefficient (Wildman–Crippen LogP) is 7.66. The zero-order chi connectivity index (χ0) is 23.9. The second-order valence-corrected chi connectivity index (χ2v) is 10.1. The molecule has 3 aromatic carbocycles. The number of nitrogens with one attached hydrogen (secondary N) is 3. The van der Waals surface area contributed by atoms with Gasteiger partial charge in [-0.25, -0.2) is 4.98 Å². The highest BCUT2D eigenvalue weighted by Crippen LogP contribution is 2.30. The molecule has 0 radical (unpaired) electrons. The average Bonchev–Trinajstić information content (AvgIpc) is 3.29. The number of halogens is 2. The van der Waals surface area contributed by atoms with Gasteiger partial charge in [0.25, 0.3) is 0 Å². The highest BCUT2D eigenvalue weighted by molar-refractivity contribution is 8.00. The van der Waals surface area contributed by atoms with Crippen molar-refractivity contribution in [3.8, 4) is 11.3 Å². The summed E-state index contributed by atoms with van der Waals surface area (Å²) in [5, 5.41) is 13.0. The first-order chi connectivity index (χ1) is 16.5. The van der Waals surface area contributed by atoms with Crippen LogP contribution in [0, 0.1) is 0 Å². The molecule has 4 aromatic rings. The Morgan fingerprint density at radius 2 is 1.68 bits per heavy atom.